The summed E-state index contributed by atoms with van der Waals surface area (Å²) in [5, 5.41) is 11.5. The average molecular weight is 194 g/mol. The molecule has 0 atom stereocenters. The van der Waals surface area contributed by atoms with E-state index in [1.807, 2.05) is 30.8 Å². The van der Waals surface area contributed by atoms with Crippen molar-refractivity contribution in [1.29, 1.82) is 5.41 Å². The number of aryl methyl sites for hydroxylation is 1. The number of nitrogens with one attached hydrogen (secondary N) is 1. The molecule has 0 unspecified atom stereocenters. The van der Waals surface area contributed by atoms with Crippen molar-refractivity contribution in [2.45, 2.75) is 33.2 Å². The van der Waals surface area contributed by atoms with Gasteiger partial charge in [-0.15, -0.1) is 0 Å². The molecule has 0 fully saturated rings. The molecule has 3 N–H and O–H groups in total. The zero-order valence-corrected chi connectivity index (χ0v) is 8.83. The standard InChI is InChI=1S/C10H18N4/c1-10(2,9(11)12)5-3-7-14-8-4-6-13-14/h4,6,8H,3,5,7H2,1-2H3,(H3,11,12). The van der Waals surface area contributed by atoms with Crippen molar-refractivity contribution in [3.05, 3.63) is 18.5 Å². The Morgan fingerprint density at radius 3 is 2.79 bits per heavy atom. The fraction of sp³-hybridized carbons (Fsp3) is 0.600. The van der Waals surface area contributed by atoms with Gasteiger partial charge < -0.3 is 5.73 Å². The normalized spacial score (nSPS) is 11.6. The van der Waals surface area contributed by atoms with Crippen LogP contribution in [0.1, 0.15) is 26.7 Å². The Morgan fingerprint density at radius 1 is 1.57 bits per heavy atom. The van der Waals surface area contributed by atoms with E-state index in [-0.39, 0.29) is 11.3 Å². The van der Waals surface area contributed by atoms with Crippen LogP contribution >= 0.6 is 0 Å². The molecule has 0 aliphatic rings. The summed E-state index contributed by atoms with van der Waals surface area (Å²) in [6.07, 6.45) is 5.63. The Labute approximate surface area is 84.6 Å². The van der Waals surface area contributed by atoms with Gasteiger partial charge in [0.05, 0.1) is 5.84 Å². The van der Waals surface area contributed by atoms with Gasteiger partial charge in [0.15, 0.2) is 0 Å². The summed E-state index contributed by atoms with van der Waals surface area (Å²) in [5.41, 5.74) is 5.30. The topological polar surface area (TPSA) is 67.7 Å². The second-order valence-electron chi connectivity index (χ2n) is 4.17. The summed E-state index contributed by atoms with van der Waals surface area (Å²) in [6.45, 7) is 4.89. The summed E-state index contributed by atoms with van der Waals surface area (Å²) >= 11 is 0. The minimum atomic E-state index is -0.187. The van der Waals surface area contributed by atoms with Crippen LogP contribution in [0.5, 0.6) is 0 Å². The lowest BCUT2D eigenvalue weighted by Crippen LogP contribution is -2.30. The van der Waals surface area contributed by atoms with Gasteiger partial charge in [-0.3, -0.25) is 10.1 Å². The summed E-state index contributed by atoms with van der Waals surface area (Å²) in [5.74, 6) is 0.262. The molecule has 0 radical (unpaired) electrons. The summed E-state index contributed by atoms with van der Waals surface area (Å²) in [4.78, 5) is 0. The smallest absolute Gasteiger partial charge is 0.0963 e. The van der Waals surface area contributed by atoms with Gasteiger partial charge in [-0.2, -0.15) is 5.10 Å². The van der Waals surface area contributed by atoms with Crippen LogP contribution in [0.25, 0.3) is 0 Å². The highest BCUT2D eigenvalue weighted by atomic mass is 15.3. The van der Waals surface area contributed by atoms with Gasteiger partial charge in [-0.25, -0.2) is 0 Å². The number of hydrogen-bond donors (Lipinski definition) is 2. The van der Waals surface area contributed by atoms with Gasteiger partial charge in [0, 0.05) is 24.4 Å². The molecule has 4 heteroatoms. The number of aromatic nitrogens is 2. The number of hydrogen-bond acceptors (Lipinski definition) is 2. The quantitative estimate of drug-likeness (QED) is 0.552. The van der Waals surface area contributed by atoms with Crippen molar-refractivity contribution in [3.63, 3.8) is 0 Å². The van der Waals surface area contributed by atoms with Crippen molar-refractivity contribution >= 4 is 5.84 Å². The Morgan fingerprint density at radius 2 is 2.29 bits per heavy atom. The lowest BCUT2D eigenvalue weighted by molar-refractivity contribution is 0.419. The molecule has 0 aliphatic heterocycles. The molecular weight excluding hydrogens is 176 g/mol. The molecular formula is C10H18N4. The minimum Gasteiger partial charge on any atom is -0.387 e. The van der Waals surface area contributed by atoms with Crippen molar-refractivity contribution < 1.29 is 0 Å². The molecule has 0 spiro atoms. The van der Waals surface area contributed by atoms with Gasteiger partial charge in [-0.05, 0) is 18.9 Å². The molecule has 0 saturated heterocycles. The number of rotatable bonds is 5. The van der Waals surface area contributed by atoms with Gasteiger partial charge in [0.1, 0.15) is 0 Å². The molecule has 0 amide bonds. The molecule has 1 aromatic heterocycles. The van der Waals surface area contributed by atoms with E-state index in [4.69, 9.17) is 11.1 Å². The van der Waals surface area contributed by atoms with Crippen LogP contribution in [0.3, 0.4) is 0 Å². The molecule has 1 rings (SSSR count). The maximum Gasteiger partial charge on any atom is 0.0963 e. The van der Waals surface area contributed by atoms with Crippen molar-refractivity contribution in [2.75, 3.05) is 0 Å². The third kappa shape index (κ3) is 2.87. The van der Waals surface area contributed by atoms with E-state index in [0.29, 0.717) is 0 Å². The van der Waals surface area contributed by atoms with Gasteiger partial charge >= 0.3 is 0 Å². The van der Waals surface area contributed by atoms with E-state index in [0.717, 1.165) is 19.4 Å². The molecule has 0 aliphatic carbocycles. The molecule has 1 aromatic rings. The zero-order chi connectivity index (χ0) is 10.6. The zero-order valence-electron chi connectivity index (χ0n) is 8.83. The Balaban J connectivity index is 2.31. The highest BCUT2D eigenvalue weighted by molar-refractivity contribution is 5.82. The van der Waals surface area contributed by atoms with E-state index >= 15 is 0 Å². The second-order valence-corrected chi connectivity index (χ2v) is 4.17. The Bertz CT molecular complexity index is 287. The van der Waals surface area contributed by atoms with Crippen LogP contribution in [0.2, 0.25) is 0 Å². The maximum atomic E-state index is 7.41. The predicted octanol–water partition coefficient (Wildman–Crippen LogP) is 1.63. The second kappa shape index (κ2) is 4.26. The number of nitrogens with zero attached hydrogens (tertiary/aromatic N) is 2. The largest absolute Gasteiger partial charge is 0.387 e. The van der Waals surface area contributed by atoms with E-state index < -0.39 is 0 Å². The van der Waals surface area contributed by atoms with Crippen molar-refractivity contribution in [2.24, 2.45) is 11.1 Å². The molecule has 4 nitrogen and oxygen atoms in total. The van der Waals surface area contributed by atoms with E-state index in [1.165, 1.54) is 0 Å². The van der Waals surface area contributed by atoms with Crippen molar-refractivity contribution in [3.8, 4) is 0 Å². The van der Waals surface area contributed by atoms with Crippen LogP contribution in [0.4, 0.5) is 0 Å². The summed E-state index contributed by atoms with van der Waals surface area (Å²) < 4.78 is 1.90. The van der Waals surface area contributed by atoms with Gasteiger partial charge in [-0.1, -0.05) is 13.8 Å². The lowest BCUT2D eigenvalue weighted by Gasteiger charge is -2.22. The van der Waals surface area contributed by atoms with Crippen LogP contribution in [-0.2, 0) is 6.54 Å². The van der Waals surface area contributed by atoms with Crippen LogP contribution in [0.15, 0.2) is 18.5 Å². The monoisotopic (exact) mass is 194 g/mol. The van der Waals surface area contributed by atoms with Gasteiger partial charge in [0.2, 0.25) is 0 Å². The van der Waals surface area contributed by atoms with Crippen molar-refractivity contribution in [1.82, 2.24) is 9.78 Å². The lowest BCUT2D eigenvalue weighted by atomic mass is 9.87. The van der Waals surface area contributed by atoms with Crippen LogP contribution < -0.4 is 5.73 Å². The van der Waals surface area contributed by atoms with Crippen LogP contribution in [0, 0.1) is 10.8 Å². The molecule has 1 heterocycles. The van der Waals surface area contributed by atoms with Gasteiger partial charge in [0.25, 0.3) is 0 Å². The molecule has 0 saturated carbocycles. The molecule has 14 heavy (non-hydrogen) atoms. The SMILES string of the molecule is CC(C)(CCCn1cccn1)C(=N)N. The van der Waals surface area contributed by atoms with E-state index in [9.17, 15) is 0 Å². The number of amidine groups is 1. The average Bonchev–Trinajstić information content (AvgIpc) is 2.56. The fourth-order valence-corrected chi connectivity index (χ4v) is 1.25. The first-order valence-corrected chi connectivity index (χ1v) is 4.84. The highest BCUT2D eigenvalue weighted by Crippen LogP contribution is 2.21. The first-order chi connectivity index (χ1) is 6.52. The first kappa shape index (κ1) is 10.8. The predicted molar refractivity (Wildman–Crippen MR) is 57.2 cm³/mol. The Kier molecular flexibility index (Phi) is 3.28. The third-order valence-corrected chi connectivity index (χ3v) is 2.48. The maximum absolute atomic E-state index is 7.41. The molecule has 78 valence electrons. The summed E-state index contributed by atoms with van der Waals surface area (Å²) in [7, 11) is 0. The highest BCUT2D eigenvalue weighted by Gasteiger charge is 2.20. The molecule has 0 aromatic carbocycles. The Hall–Kier alpha value is -1.32. The van der Waals surface area contributed by atoms with Crippen LogP contribution in [-0.4, -0.2) is 15.6 Å². The minimum absolute atomic E-state index is 0.187. The third-order valence-electron chi connectivity index (χ3n) is 2.48. The number of nitrogens with two attached hydrogens (primary N) is 1. The summed E-state index contributed by atoms with van der Waals surface area (Å²) in [6, 6.07) is 1.91. The first-order valence-electron chi connectivity index (χ1n) is 4.84. The molecule has 0 bridgehead atoms. The van der Waals surface area contributed by atoms with E-state index in [2.05, 4.69) is 5.10 Å². The fourth-order valence-electron chi connectivity index (χ4n) is 1.25. The van der Waals surface area contributed by atoms with E-state index in [1.54, 1.807) is 6.20 Å².